The molecular formula is C21H18Cl2N2O2. The van der Waals surface area contributed by atoms with Gasteiger partial charge in [-0.25, -0.2) is 4.98 Å². The first-order valence-electron chi connectivity index (χ1n) is 8.87. The van der Waals surface area contributed by atoms with Crippen LogP contribution in [0.5, 0.6) is 0 Å². The van der Waals surface area contributed by atoms with Crippen molar-refractivity contribution in [3.05, 3.63) is 64.1 Å². The summed E-state index contributed by atoms with van der Waals surface area (Å²) in [4.78, 5) is 17.6. The Kier molecular flexibility index (Phi) is 5.30. The number of nitrogens with zero attached hydrogens (tertiary/aromatic N) is 1. The monoisotopic (exact) mass is 400 g/mol. The Morgan fingerprint density at radius 1 is 1.19 bits per heavy atom. The molecule has 1 N–H and O–H groups in total. The van der Waals surface area contributed by atoms with E-state index in [9.17, 15) is 4.79 Å². The second kappa shape index (κ2) is 7.85. The van der Waals surface area contributed by atoms with Crippen LogP contribution >= 0.6 is 23.2 Å². The fourth-order valence-corrected chi connectivity index (χ4v) is 3.81. The van der Waals surface area contributed by atoms with Crippen molar-refractivity contribution in [1.82, 2.24) is 10.3 Å². The number of carbonyl (C=O) groups excluding carboxylic acids is 1. The summed E-state index contributed by atoms with van der Waals surface area (Å²) in [5.41, 5.74) is 2.68. The lowest BCUT2D eigenvalue weighted by molar-refractivity contribution is 0.0859. The molecule has 1 atom stereocenters. The van der Waals surface area contributed by atoms with Crippen molar-refractivity contribution in [3.8, 4) is 11.3 Å². The minimum atomic E-state index is -0.143. The Bertz CT molecular complexity index is 1000. The van der Waals surface area contributed by atoms with Gasteiger partial charge in [0.25, 0.3) is 5.91 Å². The van der Waals surface area contributed by atoms with E-state index in [1.54, 1.807) is 18.2 Å². The zero-order chi connectivity index (χ0) is 18.8. The van der Waals surface area contributed by atoms with Crippen LogP contribution in [0, 0.1) is 0 Å². The van der Waals surface area contributed by atoms with Gasteiger partial charge in [0, 0.05) is 29.1 Å². The molecule has 0 bridgehead atoms. The van der Waals surface area contributed by atoms with Crippen LogP contribution in [0.1, 0.15) is 23.2 Å². The van der Waals surface area contributed by atoms with Crippen LogP contribution in [0.4, 0.5) is 0 Å². The smallest absolute Gasteiger partial charge is 0.252 e. The predicted octanol–water partition coefficient (Wildman–Crippen LogP) is 5.12. The molecule has 0 saturated carbocycles. The van der Waals surface area contributed by atoms with E-state index in [4.69, 9.17) is 27.9 Å². The van der Waals surface area contributed by atoms with Gasteiger partial charge in [0.2, 0.25) is 0 Å². The Morgan fingerprint density at radius 3 is 2.81 bits per heavy atom. The van der Waals surface area contributed by atoms with Crippen LogP contribution in [0.3, 0.4) is 0 Å². The molecule has 0 spiro atoms. The first kappa shape index (κ1) is 18.2. The highest BCUT2D eigenvalue weighted by Gasteiger charge is 2.19. The molecule has 0 radical (unpaired) electrons. The largest absolute Gasteiger partial charge is 0.376 e. The standard InChI is InChI=1S/C21H18Cl2N2O2/c22-13-7-8-16(18(23)10-13)20-11-17(15-5-1-2-6-19(15)25-20)21(26)24-12-14-4-3-9-27-14/h1-2,5-8,10-11,14H,3-4,9,12H2,(H,24,26)/t14-/m1/s1. The van der Waals surface area contributed by atoms with Crippen LogP contribution in [0.15, 0.2) is 48.5 Å². The van der Waals surface area contributed by atoms with Gasteiger partial charge in [-0.3, -0.25) is 4.79 Å². The molecule has 0 unspecified atom stereocenters. The number of aromatic nitrogens is 1. The van der Waals surface area contributed by atoms with Crippen LogP contribution in [0.2, 0.25) is 10.0 Å². The van der Waals surface area contributed by atoms with E-state index in [0.29, 0.717) is 27.8 Å². The van der Waals surface area contributed by atoms with Gasteiger partial charge in [0.15, 0.2) is 0 Å². The summed E-state index contributed by atoms with van der Waals surface area (Å²) in [6.07, 6.45) is 2.10. The summed E-state index contributed by atoms with van der Waals surface area (Å²) in [5, 5.41) is 4.84. The Balaban J connectivity index is 1.73. The van der Waals surface area contributed by atoms with Gasteiger partial charge in [0.1, 0.15) is 0 Å². The van der Waals surface area contributed by atoms with Crippen LogP contribution < -0.4 is 5.32 Å². The Labute approximate surface area is 167 Å². The normalized spacial score (nSPS) is 16.6. The second-order valence-electron chi connectivity index (χ2n) is 6.54. The molecule has 3 aromatic rings. The van der Waals surface area contributed by atoms with Crippen LogP contribution in [0.25, 0.3) is 22.2 Å². The average Bonchev–Trinajstić information content (AvgIpc) is 3.19. The van der Waals surface area contributed by atoms with Gasteiger partial charge in [-0.15, -0.1) is 0 Å². The first-order valence-corrected chi connectivity index (χ1v) is 9.62. The van der Waals surface area contributed by atoms with Crippen molar-refractivity contribution in [3.63, 3.8) is 0 Å². The number of para-hydroxylation sites is 1. The third-order valence-electron chi connectivity index (χ3n) is 4.68. The van der Waals surface area contributed by atoms with Crippen molar-refractivity contribution in [1.29, 1.82) is 0 Å². The quantitative estimate of drug-likeness (QED) is 0.661. The lowest BCUT2D eigenvalue weighted by atomic mass is 10.0. The Hall–Kier alpha value is -2.14. The van der Waals surface area contributed by atoms with E-state index >= 15 is 0 Å². The average molecular weight is 401 g/mol. The summed E-state index contributed by atoms with van der Waals surface area (Å²) < 4.78 is 5.59. The van der Waals surface area contributed by atoms with E-state index in [0.717, 1.165) is 35.9 Å². The number of nitrogens with one attached hydrogen (secondary N) is 1. The summed E-state index contributed by atoms with van der Waals surface area (Å²) in [5.74, 6) is -0.143. The van der Waals surface area contributed by atoms with E-state index in [2.05, 4.69) is 10.3 Å². The molecule has 1 fully saturated rings. The van der Waals surface area contributed by atoms with Gasteiger partial charge in [0.05, 0.1) is 27.9 Å². The van der Waals surface area contributed by atoms with Crippen LogP contribution in [-0.4, -0.2) is 30.1 Å². The summed E-state index contributed by atoms with van der Waals surface area (Å²) >= 11 is 12.4. The molecule has 138 valence electrons. The van der Waals surface area contributed by atoms with Gasteiger partial charge in [-0.05, 0) is 43.2 Å². The van der Waals surface area contributed by atoms with Gasteiger partial charge < -0.3 is 10.1 Å². The molecule has 4 nitrogen and oxygen atoms in total. The number of ether oxygens (including phenoxy) is 1. The Morgan fingerprint density at radius 2 is 2.04 bits per heavy atom. The molecule has 6 heteroatoms. The molecule has 1 saturated heterocycles. The number of hydrogen-bond acceptors (Lipinski definition) is 3. The minimum absolute atomic E-state index is 0.0900. The van der Waals surface area contributed by atoms with Gasteiger partial charge >= 0.3 is 0 Å². The highest BCUT2D eigenvalue weighted by Crippen LogP contribution is 2.31. The number of rotatable bonds is 4. The lowest BCUT2D eigenvalue weighted by Crippen LogP contribution is -2.31. The third-order valence-corrected chi connectivity index (χ3v) is 5.23. The molecule has 1 aliphatic rings. The van der Waals surface area contributed by atoms with E-state index in [1.807, 2.05) is 30.3 Å². The first-order chi connectivity index (χ1) is 13.1. The number of hydrogen-bond donors (Lipinski definition) is 1. The zero-order valence-corrected chi connectivity index (χ0v) is 16.1. The number of amides is 1. The van der Waals surface area contributed by atoms with E-state index in [1.165, 1.54) is 0 Å². The molecule has 2 aromatic carbocycles. The minimum Gasteiger partial charge on any atom is -0.376 e. The lowest BCUT2D eigenvalue weighted by Gasteiger charge is -2.13. The highest BCUT2D eigenvalue weighted by atomic mass is 35.5. The maximum atomic E-state index is 12.9. The molecular weight excluding hydrogens is 383 g/mol. The fraction of sp³-hybridized carbons (Fsp3) is 0.238. The van der Waals surface area contributed by atoms with E-state index < -0.39 is 0 Å². The molecule has 1 aromatic heterocycles. The second-order valence-corrected chi connectivity index (χ2v) is 7.39. The molecule has 0 aliphatic carbocycles. The number of carbonyl (C=O) groups is 1. The topological polar surface area (TPSA) is 51.2 Å². The predicted molar refractivity (Wildman–Crippen MR) is 109 cm³/mol. The number of fused-ring (bicyclic) bond motifs is 1. The fourth-order valence-electron chi connectivity index (χ4n) is 3.31. The van der Waals surface area contributed by atoms with Crippen molar-refractivity contribution in [2.24, 2.45) is 0 Å². The van der Waals surface area contributed by atoms with Crippen LogP contribution in [-0.2, 0) is 4.74 Å². The molecule has 4 rings (SSSR count). The molecule has 1 amide bonds. The maximum Gasteiger partial charge on any atom is 0.252 e. The van der Waals surface area contributed by atoms with Gasteiger partial charge in [-0.1, -0.05) is 41.4 Å². The molecule has 27 heavy (non-hydrogen) atoms. The maximum absolute atomic E-state index is 12.9. The molecule has 2 heterocycles. The number of benzene rings is 2. The summed E-state index contributed by atoms with van der Waals surface area (Å²) in [7, 11) is 0. The highest BCUT2D eigenvalue weighted by molar-refractivity contribution is 6.36. The third kappa shape index (κ3) is 3.93. The summed E-state index contributed by atoms with van der Waals surface area (Å²) in [6.45, 7) is 1.27. The summed E-state index contributed by atoms with van der Waals surface area (Å²) in [6, 6.07) is 14.6. The molecule has 1 aliphatic heterocycles. The van der Waals surface area contributed by atoms with Crippen molar-refractivity contribution in [2.75, 3.05) is 13.2 Å². The number of halogens is 2. The number of pyridine rings is 1. The van der Waals surface area contributed by atoms with Crippen molar-refractivity contribution in [2.45, 2.75) is 18.9 Å². The SMILES string of the molecule is O=C(NC[C@H]1CCCO1)c1cc(-c2ccc(Cl)cc2Cl)nc2ccccc12. The van der Waals surface area contributed by atoms with E-state index in [-0.39, 0.29) is 12.0 Å². The van der Waals surface area contributed by atoms with Crippen molar-refractivity contribution < 1.29 is 9.53 Å². The van der Waals surface area contributed by atoms with Crippen molar-refractivity contribution >= 4 is 40.0 Å². The zero-order valence-electron chi connectivity index (χ0n) is 14.5. The van der Waals surface area contributed by atoms with Gasteiger partial charge in [-0.2, -0.15) is 0 Å².